The van der Waals surface area contributed by atoms with Gasteiger partial charge in [-0.05, 0) is 103 Å². The summed E-state index contributed by atoms with van der Waals surface area (Å²) < 4.78 is 0.733. The van der Waals surface area contributed by atoms with Crippen LogP contribution in [0.15, 0.2) is 59.5 Å². The van der Waals surface area contributed by atoms with Crippen LogP contribution in [0.5, 0.6) is 0 Å². The van der Waals surface area contributed by atoms with Crippen LogP contribution < -0.4 is 0 Å². The maximum absolute atomic E-state index is 13.9. The minimum atomic E-state index is 0.0935. The molecule has 2 nitrogen and oxygen atoms in total. The summed E-state index contributed by atoms with van der Waals surface area (Å²) in [5.74, 6) is 3.05. The van der Waals surface area contributed by atoms with Crippen molar-refractivity contribution in [3.8, 4) is 21.6 Å². The highest BCUT2D eigenvalue weighted by atomic mass is 35.5. The monoisotopic (exact) mass is 581 g/mol. The number of thioether (sulfide) groups is 1. The van der Waals surface area contributed by atoms with E-state index in [4.69, 9.17) is 35.4 Å². The zero-order valence-corrected chi connectivity index (χ0v) is 24.0. The van der Waals surface area contributed by atoms with Crippen molar-refractivity contribution in [3.05, 3.63) is 74.4 Å². The molecule has 2 aromatic carbocycles. The lowest BCUT2D eigenvalue weighted by Gasteiger charge is -2.56. The second kappa shape index (κ2) is 9.53. The van der Waals surface area contributed by atoms with Gasteiger partial charge in [0.25, 0.3) is 5.91 Å². The maximum atomic E-state index is 13.9. The van der Waals surface area contributed by atoms with Gasteiger partial charge in [0, 0.05) is 31.4 Å². The third-order valence-corrected chi connectivity index (χ3v) is 11.6. The predicted molar refractivity (Wildman–Crippen MR) is 161 cm³/mol. The van der Waals surface area contributed by atoms with Crippen LogP contribution in [0.4, 0.5) is 0 Å². The number of hydrogen-bond acceptors (Lipinski definition) is 4. The fourth-order valence-electron chi connectivity index (χ4n) is 7.30. The Bertz CT molecular complexity index is 1400. The Kier molecular flexibility index (Phi) is 6.29. The van der Waals surface area contributed by atoms with E-state index in [9.17, 15) is 4.79 Å². The van der Waals surface area contributed by atoms with Crippen molar-refractivity contribution >= 4 is 74.8 Å². The molecule has 188 valence electrons. The summed E-state index contributed by atoms with van der Waals surface area (Å²) in [6.45, 7) is 0. The van der Waals surface area contributed by atoms with E-state index in [1.165, 1.54) is 43.9 Å². The molecule has 1 saturated heterocycles. The van der Waals surface area contributed by atoms with Crippen molar-refractivity contribution in [3.63, 3.8) is 0 Å². The molecule has 4 saturated carbocycles. The highest BCUT2D eigenvalue weighted by molar-refractivity contribution is 8.26. The van der Waals surface area contributed by atoms with Gasteiger partial charge in [0.15, 0.2) is 0 Å². The first-order valence-corrected chi connectivity index (χ1v) is 15.7. The first-order valence-electron chi connectivity index (χ1n) is 12.9. The van der Waals surface area contributed by atoms with Crippen molar-refractivity contribution < 1.29 is 4.79 Å². The number of rotatable bonds is 4. The molecule has 0 N–H and O–H groups in total. The van der Waals surface area contributed by atoms with Crippen LogP contribution in [0.3, 0.4) is 0 Å². The Morgan fingerprint density at radius 1 is 0.838 bits per heavy atom. The fraction of sp³-hybridized carbons (Fsp3) is 0.333. The average Bonchev–Trinajstić information content (AvgIpc) is 3.41. The molecular formula is C30H25Cl2NOS3. The van der Waals surface area contributed by atoms with Gasteiger partial charge >= 0.3 is 0 Å². The van der Waals surface area contributed by atoms with E-state index in [2.05, 4.69) is 12.1 Å². The number of nitrogens with zero attached hydrogens (tertiary/aromatic N) is 1. The van der Waals surface area contributed by atoms with E-state index in [1.54, 1.807) is 11.3 Å². The first kappa shape index (κ1) is 24.4. The average molecular weight is 583 g/mol. The number of carbonyl (C=O) groups excluding carboxylic acids is 1. The van der Waals surface area contributed by atoms with Crippen LogP contribution in [-0.2, 0) is 4.79 Å². The molecule has 3 aromatic rings. The summed E-state index contributed by atoms with van der Waals surface area (Å²) in [6.07, 6.45) is 8.53. The van der Waals surface area contributed by atoms with E-state index in [0.29, 0.717) is 21.9 Å². The zero-order chi connectivity index (χ0) is 25.3. The molecule has 0 atom stereocenters. The Hall–Kier alpha value is -1.63. The summed E-state index contributed by atoms with van der Waals surface area (Å²) in [7, 11) is 0. The van der Waals surface area contributed by atoms with Gasteiger partial charge in [-0.1, -0.05) is 71.4 Å². The number of thiophene rings is 1. The number of carbonyl (C=O) groups is 1. The minimum absolute atomic E-state index is 0.0935. The molecule has 1 amide bonds. The Labute approximate surface area is 241 Å². The van der Waals surface area contributed by atoms with Crippen LogP contribution in [0, 0.1) is 23.7 Å². The molecule has 1 aromatic heterocycles. The van der Waals surface area contributed by atoms with E-state index in [0.717, 1.165) is 47.5 Å². The predicted octanol–water partition coefficient (Wildman–Crippen LogP) is 9.41. The van der Waals surface area contributed by atoms with Gasteiger partial charge in [-0.3, -0.25) is 9.69 Å². The molecule has 2 heterocycles. The summed E-state index contributed by atoms with van der Waals surface area (Å²) in [6, 6.07) is 18.3. The van der Waals surface area contributed by atoms with E-state index >= 15 is 0 Å². The van der Waals surface area contributed by atoms with Gasteiger partial charge in [0.1, 0.15) is 4.32 Å². The van der Waals surface area contributed by atoms with Crippen LogP contribution in [0.25, 0.3) is 27.6 Å². The van der Waals surface area contributed by atoms with Crippen molar-refractivity contribution in [2.45, 2.75) is 38.1 Å². The van der Waals surface area contributed by atoms with Crippen LogP contribution in [0.2, 0.25) is 10.0 Å². The topological polar surface area (TPSA) is 20.3 Å². The largest absolute Gasteiger partial charge is 0.289 e. The number of hydrogen-bond donors (Lipinski definition) is 0. The van der Waals surface area contributed by atoms with Crippen LogP contribution in [0.1, 0.15) is 37.0 Å². The van der Waals surface area contributed by atoms with E-state index in [-0.39, 0.29) is 11.9 Å². The molecule has 5 aliphatic rings. The van der Waals surface area contributed by atoms with Crippen molar-refractivity contribution in [2.75, 3.05) is 0 Å². The van der Waals surface area contributed by atoms with Gasteiger partial charge in [-0.2, -0.15) is 0 Å². The van der Waals surface area contributed by atoms with E-state index < -0.39 is 0 Å². The van der Waals surface area contributed by atoms with Gasteiger partial charge in [-0.15, -0.1) is 11.3 Å². The van der Waals surface area contributed by atoms with Crippen LogP contribution >= 0.6 is 58.5 Å². The Morgan fingerprint density at radius 2 is 1.41 bits per heavy atom. The molecule has 37 heavy (non-hydrogen) atoms. The Balaban J connectivity index is 1.25. The fourth-order valence-corrected chi connectivity index (χ4v) is 10.1. The molecule has 8 rings (SSSR count). The highest BCUT2D eigenvalue weighted by Gasteiger charge is 2.53. The van der Waals surface area contributed by atoms with E-state index in [1.807, 2.05) is 53.4 Å². The second-order valence-electron chi connectivity index (χ2n) is 10.9. The third-order valence-electron chi connectivity index (χ3n) is 8.61. The molecule has 1 aliphatic heterocycles. The lowest BCUT2D eigenvalue weighted by molar-refractivity contribution is -0.130. The molecule has 0 unspecified atom stereocenters. The van der Waals surface area contributed by atoms with Crippen molar-refractivity contribution in [1.82, 2.24) is 4.90 Å². The first-order chi connectivity index (χ1) is 17.9. The second-order valence-corrected chi connectivity index (χ2v) is 14.5. The summed E-state index contributed by atoms with van der Waals surface area (Å²) >= 11 is 21.3. The minimum Gasteiger partial charge on any atom is -0.289 e. The molecule has 0 radical (unpaired) electrons. The van der Waals surface area contributed by atoms with Crippen molar-refractivity contribution in [2.24, 2.45) is 23.7 Å². The summed E-state index contributed by atoms with van der Waals surface area (Å²) in [4.78, 5) is 18.8. The number of thiocarbonyl (C=S) groups is 1. The number of benzene rings is 2. The van der Waals surface area contributed by atoms with Gasteiger partial charge in [-0.25, -0.2) is 0 Å². The molecule has 7 heteroatoms. The molecular weight excluding hydrogens is 557 g/mol. The number of amides is 1. The Morgan fingerprint density at radius 3 is 2.00 bits per heavy atom. The maximum Gasteiger partial charge on any atom is 0.266 e. The van der Waals surface area contributed by atoms with Crippen molar-refractivity contribution in [1.29, 1.82) is 0 Å². The molecule has 4 bridgehead atoms. The lowest BCUT2D eigenvalue weighted by Crippen LogP contribution is -2.57. The molecule has 5 fully saturated rings. The van der Waals surface area contributed by atoms with Gasteiger partial charge in [0.05, 0.1) is 4.91 Å². The van der Waals surface area contributed by atoms with Gasteiger partial charge < -0.3 is 0 Å². The normalized spacial score (nSPS) is 29.6. The quantitative estimate of drug-likeness (QED) is 0.226. The molecule has 0 spiro atoms. The standard InChI is InChI=1S/C30H25Cl2NOS3/c31-22-5-1-18(2-6-22)24-14-25(19-3-7-23(32)8-4-19)36-26(24)15-27-29(34)33(30(35)37-27)28-20-10-16-9-17(12-20)13-21(28)11-16/h1-8,14-17,20-21,28H,9-13H2. The zero-order valence-electron chi connectivity index (χ0n) is 20.0. The van der Waals surface area contributed by atoms with Crippen LogP contribution in [-0.4, -0.2) is 21.2 Å². The lowest BCUT2D eigenvalue weighted by atomic mass is 9.54. The summed E-state index contributed by atoms with van der Waals surface area (Å²) in [5, 5.41) is 1.42. The molecule has 4 aliphatic carbocycles. The highest BCUT2D eigenvalue weighted by Crippen LogP contribution is 2.56. The van der Waals surface area contributed by atoms with Gasteiger partial charge in [0.2, 0.25) is 0 Å². The summed E-state index contributed by atoms with van der Waals surface area (Å²) in [5.41, 5.74) is 3.26. The smallest absolute Gasteiger partial charge is 0.266 e. The SMILES string of the molecule is O=C1C(=Cc2sc(-c3ccc(Cl)cc3)cc2-c2ccc(Cl)cc2)SC(=S)N1C1C2CC3CC(C2)CC1C3. The number of halogens is 2. The third kappa shape index (κ3) is 4.41.